The van der Waals surface area contributed by atoms with Crippen LogP contribution in [0.25, 0.3) is 11.0 Å². The summed E-state index contributed by atoms with van der Waals surface area (Å²) in [4.78, 5) is 29.5. The molecule has 7 nitrogen and oxygen atoms in total. The maximum Gasteiger partial charge on any atom is 0.349 e. The van der Waals surface area contributed by atoms with Gasteiger partial charge in [-0.2, -0.15) is 0 Å². The molecule has 0 bridgehead atoms. The molecule has 1 amide bonds. The monoisotopic (exact) mass is 382 g/mol. The normalized spacial score (nSPS) is 15.0. The van der Waals surface area contributed by atoms with Crippen LogP contribution in [0.2, 0.25) is 0 Å². The molecule has 1 aliphatic heterocycles. The van der Waals surface area contributed by atoms with Crippen molar-refractivity contribution in [2.45, 2.75) is 6.54 Å². The van der Waals surface area contributed by atoms with Gasteiger partial charge in [0.2, 0.25) is 0 Å². The van der Waals surface area contributed by atoms with Crippen molar-refractivity contribution < 1.29 is 18.4 Å². The average Bonchev–Trinajstić information content (AvgIpc) is 3.24. The Morgan fingerprint density at radius 1 is 1.11 bits per heavy atom. The largest absolute Gasteiger partial charge is 0.467 e. The van der Waals surface area contributed by atoms with Crippen molar-refractivity contribution in [3.8, 4) is 0 Å². The minimum atomic E-state index is -0.625. The van der Waals surface area contributed by atoms with E-state index in [0.717, 1.165) is 18.5 Å². The highest BCUT2D eigenvalue weighted by Gasteiger charge is 2.23. The lowest BCUT2D eigenvalue weighted by atomic mass is 10.1. The van der Waals surface area contributed by atoms with Crippen LogP contribution >= 0.6 is 0 Å². The molecule has 1 saturated heterocycles. The van der Waals surface area contributed by atoms with Gasteiger partial charge in [0.25, 0.3) is 5.91 Å². The first-order valence-electron chi connectivity index (χ1n) is 9.35. The summed E-state index contributed by atoms with van der Waals surface area (Å²) >= 11 is 0. The third kappa shape index (κ3) is 4.16. The van der Waals surface area contributed by atoms with Crippen LogP contribution in [0.5, 0.6) is 0 Å². The molecule has 28 heavy (non-hydrogen) atoms. The van der Waals surface area contributed by atoms with Gasteiger partial charge in [-0.1, -0.05) is 18.2 Å². The van der Waals surface area contributed by atoms with Crippen LogP contribution in [0.15, 0.2) is 62.4 Å². The van der Waals surface area contributed by atoms with Crippen molar-refractivity contribution in [1.82, 2.24) is 9.80 Å². The Kier molecular flexibility index (Phi) is 5.55. The van der Waals surface area contributed by atoms with Crippen LogP contribution in [-0.4, -0.2) is 55.1 Å². The Bertz CT molecular complexity index is 989. The lowest BCUT2D eigenvalue weighted by molar-refractivity contribution is 0.0316. The zero-order valence-corrected chi connectivity index (χ0v) is 15.5. The van der Waals surface area contributed by atoms with Crippen molar-refractivity contribution in [1.29, 1.82) is 0 Å². The summed E-state index contributed by atoms with van der Waals surface area (Å²) in [6.07, 6.45) is 1.57. The lowest BCUT2D eigenvalue weighted by Gasteiger charge is -2.29. The summed E-state index contributed by atoms with van der Waals surface area (Å²) in [6.45, 7) is 4.53. The minimum absolute atomic E-state index is 0.0345. The van der Waals surface area contributed by atoms with Gasteiger partial charge in [0, 0.05) is 31.6 Å². The van der Waals surface area contributed by atoms with Crippen LogP contribution in [0.3, 0.4) is 0 Å². The van der Waals surface area contributed by atoms with Crippen molar-refractivity contribution in [3.63, 3.8) is 0 Å². The summed E-state index contributed by atoms with van der Waals surface area (Å²) < 4.78 is 16.1. The van der Waals surface area contributed by atoms with Crippen LogP contribution in [-0.2, 0) is 11.3 Å². The number of nitrogens with zero attached hydrogens (tertiary/aromatic N) is 2. The number of rotatable bonds is 6. The Balaban J connectivity index is 1.58. The van der Waals surface area contributed by atoms with Crippen molar-refractivity contribution >= 4 is 16.9 Å². The number of ether oxygens (including phenoxy) is 1. The molecule has 0 unspecified atom stereocenters. The van der Waals surface area contributed by atoms with Crippen LogP contribution in [0, 0.1) is 0 Å². The quantitative estimate of drug-likeness (QED) is 0.609. The fourth-order valence-electron chi connectivity index (χ4n) is 3.31. The molecule has 0 N–H and O–H groups in total. The van der Waals surface area contributed by atoms with Gasteiger partial charge in [-0.15, -0.1) is 0 Å². The second kappa shape index (κ2) is 8.41. The van der Waals surface area contributed by atoms with Gasteiger partial charge in [-0.25, -0.2) is 4.79 Å². The van der Waals surface area contributed by atoms with E-state index < -0.39 is 5.63 Å². The molecule has 2 aromatic heterocycles. The smallest absolute Gasteiger partial charge is 0.349 e. The van der Waals surface area contributed by atoms with Gasteiger partial charge in [0.15, 0.2) is 0 Å². The van der Waals surface area contributed by atoms with E-state index in [0.29, 0.717) is 44.2 Å². The minimum Gasteiger partial charge on any atom is -0.467 e. The zero-order chi connectivity index (χ0) is 19.3. The van der Waals surface area contributed by atoms with E-state index in [4.69, 9.17) is 13.6 Å². The van der Waals surface area contributed by atoms with Crippen molar-refractivity contribution in [2.75, 3.05) is 39.4 Å². The van der Waals surface area contributed by atoms with Crippen molar-refractivity contribution in [2.24, 2.45) is 0 Å². The first kappa shape index (κ1) is 18.5. The number of para-hydroxylation sites is 1. The molecule has 0 spiro atoms. The average molecular weight is 382 g/mol. The summed E-state index contributed by atoms with van der Waals surface area (Å²) in [5, 5.41) is 0.719. The summed E-state index contributed by atoms with van der Waals surface area (Å²) in [6, 6.07) is 12.4. The van der Waals surface area contributed by atoms with E-state index in [9.17, 15) is 9.59 Å². The fourth-order valence-corrected chi connectivity index (χ4v) is 3.31. The van der Waals surface area contributed by atoms with E-state index in [1.54, 1.807) is 35.4 Å². The van der Waals surface area contributed by atoms with Gasteiger partial charge >= 0.3 is 5.63 Å². The Hall–Kier alpha value is -2.90. The molecule has 7 heteroatoms. The zero-order valence-electron chi connectivity index (χ0n) is 15.5. The number of hydrogen-bond donors (Lipinski definition) is 0. The molecule has 0 saturated carbocycles. The van der Waals surface area contributed by atoms with Crippen molar-refractivity contribution in [3.05, 3.63) is 70.5 Å². The van der Waals surface area contributed by atoms with E-state index in [1.165, 1.54) is 0 Å². The lowest BCUT2D eigenvalue weighted by Crippen LogP contribution is -2.43. The van der Waals surface area contributed by atoms with Gasteiger partial charge in [0.05, 0.1) is 26.0 Å². The molecule has 3 heterocycles. The molecule has 146 valence electrons. The standard InChI is InChI=1S/C21H22N2O5/c24-20(18-14-16-4-1-2-6-19(16)28-21(18)25)23(15-17-5-3-11-27-17)8-7-22-9-12-26-13-10-22/h1-6,11,14H,7-10,12-13,15H2. The molecule has 3 aromatic rings. The second-order valence-electron chi connectivity index (χ2n) is 6.75. The predicted molar refractivity (Wildman–Crippen MR) is 103 cm³/mol. The molecule has 0 atom stereocenters. The molecule has 0 aliphatic carbocycles. The third-order valence-corrected chi connectivity index (χ3v) is 4.88. The number of furan rings is 1. The maximum absolute atomic E-state index is 13.2. The molecule has 1 aliphatic rings. The highest BCUT2D eigenvalue weighted by Crippen LogP contribution is 2.15. The second-order valence-corrected chi connectivity index (χ2v) is 6.75. The van der Waals surface area contributed by atoms with Gasteiger partial charge in [0.1, 0.15) is 16.9 Å². The van der Waals surface area contributed by atoms with Gasteiger partial charge in [-0.3, -0.25) is 9.69 Å². The number of morpholine rings is 1. The first-order chi connectivity index (χ1) is 13.7. The predicted octanol–water partition coefficient (Wildman–Crippen LogP) is 2.36. The summed E-state index contributed by atoms with van der Waals surface area (Å²) in [5.41, 5.74) is -0.123. The van der Waals surface area contributed by atoms with E-state index in [2.05, 4.69) is 4.90 Å². The number of carbonyl (C=O) groups is 1. The topological polar surface area (TPSA) is 76.1 Å². The van der Waals surface area contributed by atoms with Crippen LogP contribution in [0.1, 0.15) is 16.1 Å². The Morgan fingerprint density at radius 3 is 2.71 bits per heavy atom. The van der Waals surface area contributed by atoms with Gasteiger partial charge in [-0.05, 0) is 24.3 Å². The first-order valence-corrected chi connectivity index (χ1v) is 9.35. The van der Waals surface area contributed by atoms with Gasteiger partial charge < -0.3 is 18.5 Å². The molecular formula is C21H22N2O5. The highest BCUT2D eigenvalue weighted by molar-refractivity contribution is 5.96. The number of benzene rings is 1. The SMILES string of the molecule is O=C(c1cc2ccccc2oc1=O)N(CCN1CCOCC1)Cc1ccco1. The van der Waals surface area contributed by atoms with Crippen LogP contribution < -0.4 is 5.63 Å². The van der Waals surface area contributed by atoms with Crippen LogP contribution in [0.4, 0.5) is 0 Å². The number of amides is 1. The molecule has 0 radical (unpaired) electrons. The van der Waals surface area contributed by atoms with E-state index >= 15 is 0 Å². The summed E-state index contributed by atoms with van der Waals surface area (Å²) in [7, 11) is 0. The number of fused-ring (bicyclic) bond motifs is 1. The third-order valence-electron chi connectivity index (χ3n) is 4.88. The Morgan fingerprint density at radius 2 is 1.93 bits per heavy atom. The Labute approximate surface area is 162 Å². The highest BCUT2D eigenvalue weighted by atomic mass is 16.5. The summed E-state index contributed by atoms with van der Waals surface area (Å²) in [5.74, 6) is 0.310. The fraction of sp³-hybridized carbons (Fsp3) is 0.333. The van der Waals surface area contributed by atoms with E-state index in [-0.39, 0.29) is 11.5 Å². The molecule has 4 rings (SSSR count). The molecule has 1 aromatic carbocycles. The number of hydrogen-bond acceptors (Lipinski definition) is 6. The molecule has 1 fully saturated rings. The maximum atomic E-state index is 13.2. The number of carbonyl (C=O) groups excluding carboxylic acids is 1. The molecular weight excluding hydrogens is 360 g/mol. The van der Waals surface area contributed by atoms with E-state index in [1.807, 2.05) is 18.2 Å².